The highest BCUT2D eigenvalue weighted by atomic mass is 16.5. The van der Waals surface area contributed by atoms with Gasteiger partial charge in [0.15, 0.2) is 0 Å². The zero-order chi connectivity index (χ0) is 47.9. The van der Waals surface area contributed by atoms with Gasteiger partial charge in [0.2, 0.25) is 5.91 Å². The standard InChI is InChI=1S/C60H117NO5/c1-3-5-7-9-11-13-15-17-30-34-38-42-46-50-54-60(65)66-55-51-47-43-39-35-31-27-25-23-21-19-18-20-22-24-26-29-33-37-41-45-49-53-59(64)61-57(56-62)58(63)52-48-44-40-36-32-28-16-14-12-10-8-6-4-2/h15,17,57-58,62-63H,3-14,16,18-56H2,1-2H3,(H,61,64)/b17-15-. The molecule has 0 aromatic rings. The number of aliphatic hydroxyl groups excluding tert-OH is 2. The van der Waals surface area contributed by atoms with Gasteiger partial charge >= 0.3 is 5.97 Å². The monoisotopic (exact) mass is 932 g/mol. The molecule has 3 N–H and O–H groups in total. The van der Waals surface area contributed by atoms with Crippen molar-refractivity contribution in [3.05, 3.63) is 12.2 Å². The van der Waals surface area contributed by atoms with Crippen molar-refractivity contribution in [3.63, 3.8) is 0 Å². The van der Waals surface area contributed by atoms with Crippen molar-refractivity contribution in [2.75, 3.05) is 13.2 Å². The summed E-state index contributed by atoms with van der Waals surface area (Å²) in [6, 6.07) is -0.540. The number of carbonyl (C=O) groups is 2. The van der Waals surface area contributed by atoms with Crippen LogP contribution in [0.1, 0.15) is 335 Å². The lowest BCUT2D eigenvalue weighted by Crippen LogP contribution is -2.45. The Labute approximate surface area is 412 Å². The first kappa shape index (κ1) is 64.6. The SMILES string of the molecule is CCCCCCC/C=C\CCCCCCCC(=O)OCCCCCCCCCCCCCCCCCCCCCCCCC(=O)NC(CO)C(O)CCCCCCCCCCCCCCC. The van der Waals surface area contributed by atoms with Crippen molar-refractivity contribution in [3.8, 4) is 0 Å². The van der Waals surface area contributed by atoms with Crippen LogP contribution in [-0.2, 0) is 14.3 Å². The molecule has 2 unspecified atom stereocenters. The highest BCUT2D eigenvalue weighted by molar-refractivity contribution is 5.76. The first-order valence-corrected chi connectivity index (χ1v) is 29.9. The molecule has 0 aliphatic heterocycles. The molecule has 0 saturated carbocycles. The molecule has 0 spiro atoms. The van der Waals surface area contributed by atoms with Crippen LogP contribution in [0.15, 0.2) is 12.2 Å². The predicted molar refractivity (Wildman–Crippen MR) is 287 cm³/mol. The van der Waals surface area contributed by atoms with Crippen molar-refractivity contribution in [2.24, 2.45) is 0 Å². The van der Waals surface area contributed by atoms with Crippen LogP contribution in [0.2, 0.25) is 0 Å². The molecular weight excluding hydrogens is 815 g/mol. The van der Waals surface area contributed by atoms with Crippen LogP contribution in [0, 0.1) is 0 Å². The number of carbonyl (C=O) groups excluding carboxylic acids is 2. The summed E-state index contributed by atoms with van der Waals surface area (Å²) < 4.78 is 5.48. The number of ether oxygens (including phenoxy) is 1. The number of allylic oxidation sites excluding steroid dienone is 2. The van der Waals surface area contributed by atoms with E-state index in [9.17, 15) is 19.8 Å². The summed E-state index contributed by atoms with van der Waals surface area (Å²) in [6.07, 6.45) is 66.4. The van der Waals surface area contributed by atoms with Gasteiger partial charge in [0, 0.05) is 12.8 Å². The average molecular weight is 933 g/mol. The Hall–Kier alpha value is -1.40. The van der Waals surface area contributed by atoms with Gasteiger partial charge in [-0.2, -0.15) is 0 Å². The first-order chi connectivity index (χ1) is 32.5. The summed E-state index contributed by atoms with van der Waals surface area (Å²) in [6.45, 7) is 4.95. The van der Waals surface area contributed by atoms with Gasteiger partial charge < -0.3 is 20.3 Å². The van der Waals surface area contributed by atoms with Gasteiger partial charge in [0.1, 0.15) is 0 Å². The lowest BCUT2D eigenvalue weighted by molar-refractivity contribution is -0.143. The summed E-state index contributed by atoms with van der Waals surface area (Å²) in [7, 11) is 0. The Morgan fingerprint density at radius 3 is 1.08 bits per heavy atom. The number of amides is 1. The number of esters is 1. The van der Waals surface area contributed by atoms with E-state index in [1.165, 1.54) is 257 Å². The zero-order valence-electron chi connectivity index (χ0n) is 44.7. The van der Waals surface area contributed by atoms with Crippen LogP contribution in [-0.4, -0.2) is 47.4 Å². The first-order valence-electron chi connectivity index (χ1n) is 29.9. The summed E-state index contributed by atoms with van der Waals surface area (Å²) in [4.78, 5) is 24.5. The highest BCUT2D eigenvalue weighted by Gasteiger charge is 2.20. The fourth-order valence-electron chi connectivity index (χ4n) is 9.46. The number of hydrogen-bond donors (Lipinski definition) is 3. The minimum absolute atomic E-state index is 0.00522. The summed E-state index contributed by atoms with van der Waals surface area (Å²) in [5.74, 6) is -0.0286. The lowest BCUT2D eigenvalue weighted by Gasteiger charge is -2.22. The van der Waals surface area contributed by atoms with Crippen molar-refractivity contribution in [1.82, 2.24) is 5.32 Å². The average Bonchev–Trinajstić information content (AvgIpc) is 3.32. The van der Waals surface area contributed by atoms with E-state index in [4.69, 9.17) is 4.74 Å². The smallest absolute Gasteiger partial charge is 0.305 e. The van der Waals surface area contributed by atoms with E-state index in [1.54, 1.807) is 0 Å². The van der Waals surface area contributed by atoms with E-state index in [2.05, 4.69) is 31.3 Å². The normalized spacial score (nSPS) is 12.6. The van der Waals surface area contributed by atoms with Crippen LogP contribution < -0.4 is 5.32 Å². The molecule has 66 heavy (non-hydrogen) atoms. The van der Waals surface area contributed by atoms with Crippen molar-refractivity contribution in [2.45, 2.75) is 347 Å². The molecule has 0 rings (SSSR count). The van der Waals surface area contributed by atoms with Gasteiger partial charge in [-0.05, 0) is 51.4 Å². The molecule has 1 amide bonds. The Morgan fingerprint density at radius 2 is 0.712 bits per heavy atom. The highest BCUT2D eigenvalue weighted by Crippen LogP contribution is 2.18. The molecule has 0 aromatic heterocycles. The maximum atomic E-state index is 12.5. The zero-order valence-corrected chi connectivity index (χ0v) is 44.7. The number of hydrogen-bond acceptors (Lipinski definition) is 5. The second-order valence-electron chi connectivity index (χ2n) is 20.7. The van der Waals surface area contributed by atoms with E-state index < -0.39 is 12.1 Å². The minimum atomic E-state index is -0.663. The maximum Gasteiger partial charge on any atom is 0.305 e. The van der Waals surface area contributed by atoms with Crippen LogP contribution >= 0.6 is 0 Å². The summed E-state index contributed by atoms with van der Waals surface area (Å²) >= 11 is 0. The topological polar surface area (TPSA) is 95.9 Å². The molecular formula is C60H117NO5. The molecule has 0 saturated heterocycles. The van der Waals surface area contributed by atoms with Crippen molar-refractivity contribution >= 4 is 11.9 Å². The van der Waals surface area contributed by atoms with Gasteiger partial charge in [-0.25, -0.2) is 0 Å². The largest absolute Gasteiger partial charge is 0.466 e. The molecule has 0 bridgehead atoms. The minimum Gasteiger partial charge on any atom is -0.466 e. The third kappa shape index (κ3) is 52.0. The number of rotatable bonds is 56. The van der Waals surface area contributed by atoms with Crippen LogP contribution in [0.3, 0.4) is 0 Å². The second-order valence-corrected chi connectivity index (χ2v) is 20.7. The fraction of sp³-hybridized carbons (Fsp3) is 0.933. The van der Waals surface area contributed by atoms with Crippen LogP contribution in [0.4, 0.5) is 0 Å². The third-order valence-corrected chi connectivity index (χ3v) is 14.1. The Bertz CT molecular complexity index is 986. The van der Waals surface area contributed by atoms with E-state index in [0.717, 1.165) is 44.9 Å². The molecule has 0 aromatic carbocycles. The van der Waals surface area contributed by atoms with Crippen LogP contribution in [0.25, 0.3) is 0 Å². The van der Waals surface area contributed by atoms with E-state index in [1.807, 2.05) is 0 Å². The van der Waals surface area contributed by atoms with Gasteiger partial charge in [-0.1, -0.05) is 283 Å². The molecule has 0 aliphatic rings. The molecule has 0 aliphatic carbocycles. The molecule has 0 radical (unpaired) electrons. The lowest BCUT2D eigenvalue weighted by atomic mass is 10.0. The number of aliphatic hydroxyl groups is 2. The molecule has 0 fully saturated rings. The number of unbranched alkanes of at least 4 members (excludes halogenated alkanes) is 43. The Kier molecular flexibility index (Phi) is 55.0. The molecule has 6 nitrogen and oxygen atoms in total. The summed E-state index contributed by atoms with van der Waals surface area (Å²) in [5.41, 5.74) is 0. The van der Waals surface area contributed by atoms with Gasteiger partial charge in [-0.15, -0.1) is 0 Å². The van der Waals surface area contributed by atoms with Crippen LogP contribution in [0.5, 0.6) is 0 Å². The quantitative estimate of drug-likeness (QED) is 0.0321. The fourth-order valence-corrected chi connectivity index (χ4v) is 9.46. The van der Waals surface area contributed by atoms with Gasteiger partial charge in [0.25, 0.3) is 0 Å². The van der Waals surface area contributed by atoms with Gasteiger partial charge in [-0.3, -0.25) is 9.59 Å². The van der Waals surface area contributed by atoms with Gasteiger partial charge in [0.05, 0.1) is 25.4 Å². The van der Waals surface area contributed by atoms with Crippen molar-refractivity contribution < 1.29 is 24.5 Å². The molecule has 392 valence electrons. The van der Waals surface area contributed by atoms with E-state index in [-0.39, 0.29) is 18.5 Å². The maximum absolute atomic E-state index is 12.5. The predicted octanol–water partition coefficient (Wildman–Crippen LogP) is 18.5. The van der Waals surface area contributed by atoms with E-state index >= 15 is 0 Å². The molecule has 6 heteroatoms. The Balaban J connectivity index is 3.36. The Morgan fingerprint density at radius 1 is 0.409 bits per heavy atom. The summed E-state index contributed by atoms with van der Waals surface area (Å²) in [5, 5.41) is 23.2. The third-order valence-electron chi connectivity index (χ3n) is 14.1. The van der Waals surface area contributed by atoms with E-state index in [0.29, 0.717) is 25.9 Å². The second kappa shape index (κ2) is 56.2. The van der Waals surface area contributed by atoms with Crippen molar-refractivity contribution in [1.29, 1.82) is 0 Å². The number of nitrogens with one attached hydrogen (secondary N) is 1. The molecule has 2 atom stereocenters. The molecule has 0 heterocycles.